The van der Waals surface area contributed by atoms with E-state index in [4.69, 9.17) is 14.2 Å². The number of aromatic nitrogens is 2. The van der Waals surface area contributed by atoms with Gasteiger partial charge in [0, 0.05) is 24.5 Å². The molecular formula is C21H24N4O6. The fraction of sp³-hybridized carbons (Fsp3) is 0.429. The number of nitrogens with zero attached hydrogens (tertiary/aromatic N) is 2. The van der Waals surface area contributed by atoms with Crippen LogP contribution in [0.3, 0.4) is 0 Å². The Bertz CT molecular complexity index is 925. The monoisotopic (exact) mass is 428 g/mol. The van der Waals surface area contributed by atoms with Gasteiger partial charge in [-0.3, -0.25) is 14.6 Å². The molecule has 0 unspecified atom stereocenters. The fourth-order valence-corrected chi connectivity index (χ4v) is 3.65. The van der Waals surface area contributed by atoms with Crippen LogP contribution in [0, 0.1) is 0 Å². The van der Waals surface area contributed by atoms with Crippen LogP contribution in [0.4, 0.5) is 0 Å². The van der Waals surface area contributed by atoms with E-state index in [1.807, 2.05) is 0 Å². The quantitative estimate of drug-likeness (QED) is 0.586. The molecule has 1 aromatic heterocycles. The third-order valence-corrected chi connectivity index (χ3v) is 5.29. The second-order valence-electron chi connectivity index (χ2n) is 7.34. The molecule has 1 aromatic carbocycles. The number of amides is 2. The molecule has 0 bridgehead atoms. The lowest BCUT2D eigenvalue weighted by Gasteiger charge is -2.36. The van der Waals surface area contributed by atoms with E-state index in [1.54, 1.807) is 18.2 Å². The Morgan fingerprint density at radius 2 is 2.00 bits per heavy atom. The number of fused-ring (bicyclic) bond motifs is 1. The summed E-state index contributed by atoms with van der Waals surface area (Å²) in [5.74, 6) is 0.628. The molecule has 31 heavy (non-hydrogen) atoms. The first kappa shape index (κ1) is 21.0. The predicted octanol–water partition coefficient (Wildman–Crippen LogP) is 0.664. The maximum atomic E-state index is 12.4. The molecule has 2 aliphatic rings. The van der Waals surface area contributed by atoms with E-state index in [0.717, 1.165) is 0 Å². The maximum Gasteiger partial charge on any atom is 0.271 e. The smallest absolute Gasteiger partial charge is 0.271 e. The Balaban J connectivity index is 1.23. The molecule has 1 fully saturated rings. The number of benzene rings is 1. The highest BCUT2D eigenvalue weighted by Crippen LogP contribution is 2.32. The highest BCUT2D eigenvalue weighted by molar-refractivity contribution is 5.95. The first-order valence-corrected chi connectivity index (χ1v) is 10.1. The standard InChI is InChI=1S/C21H24N4O6/c26-11-19-15(25-21(28)16-10-22-7-8-23-16)3-2-14(31-19)5-6-24-20(27)13-1-4-17-18(9-13)30-12-29-17/h1,4,7-10,14-15,19,26H,2-3,5-6,11-12H2,(H,24,27)(H,25,28)/t14-,15-,19-/m0/s1. The molecule has 3 N–H and O–H groups in total. The number of aliphatic hydroxyl groups excluding tert-OH is 1. The number of carbonyl (C=O) groups excluding carboxylic acids is 2. The molecule has 3 heterocycles. The van der Waals surface area contributed by atoms with Gasteiger partial charge in [-0.1, -0.05) is 0 Å². The van der Waals surface area contributed by atoms with E-state index in [9.17, 15) is 14.7 Å². The van der Waals surface area contributed by atoms with E-state index in [2.05, 4.69) is 20.6 Å². The van der Waals surface area contributed by atoms with Crippen LogP contribution < -0.4 is 20.1 Å². The molecule has 0 radical (unpaired) electrons. The number of hydrogen-bond acceptors (Lipinski definition) is 8. The summed E-state index contributed by atoms with van der Waals surface area (Å²) >= 11 is 0. The normalized spacial score (nSPS) is 22.0. The highest BCUT2D eigenvalue weighted by atomic mass is 16.7. The molecule has 164 valence electrons. The zero-order chi connectivity index (χ0) is 21.6. The van der Waals surface area contributed by atoms with Gasteiger partial charge in [0.15, 0.2) is 11.5 Å². The Morgan fingerprint density at radius 3 is 2.81 bits per heavy atom. The average Bonchev–Trinajstić information content (AvgIpc) is 3.28. The van der Waals surface area contributed by atoms with Crippen molar-refractivity contribution in [3.05, 3.63) is 48.0 Å². The van der Waals surface area contributed by atoms with Crippen molar-refractivity contribution in [3.8, 4) is 11.5 Å². The second-order valence-corrected chi connectivity index (χ2v) is 7.34. The van der Waals surface area contributed by atoms with Crippen LogP contribution in [-0.4, -0.2) is 65.1 Å². The van der Waals surface area contributed by atoms with Crippen molar-refractivity contribution < 1.29 is 28.9 Å². The summed E-state index contributed by atoms with van der Waals surface area (Å²) in [6.07, 6.45) is 5.62. The minimum absolute atomic E-state index is 0.126. The van der Waals surface area contributed by atoms with Crippen molar-refractivity contribution in [2.45, 2.75) is 37.5 Å². The SMILES string of the molecule is O=C(NCC[C@@H]1CC[C@H](NC(=O)c2cnccn2)[C@H](CO)O1)c1ccc2c(c1)OCO2. The Labute approximate surface area is 178 Å². The summed E-state index contributed by atoms with van der Waals surface area (Å²) in [5.41, 5.74) is 0.710. The summed E-state index contributed by atoms with van der Waals surface area (Å²) < 4.78 is 16.5. The lowest BCUT2D eigenvalue weighted by molar-refractivity contribution is -0.0893. The van der Waals surface area contributed by atoms with Crippen molar-refractivity contribution in [2.24, 2.45) is 0 Å². The van der Waals surface area contributed by atoms with Gasteiger partial charge < -0.3 is 30.0 Å². The van der Waals surface area contributed by atoms with Crippen LogP contribution >= 0.6 is 0 Å². The summed E-state index contributed by atoms with van der Waals surface area (Å²) in [6.45, 7) is 0.365. The van der Waals surface area contributed by atoms with Crippen molar-refractivity contribution >= 4 is 11.8 Å². The van der Waals surface area contributed by atoms with Gasteiger partial charge in [0.1, 0.15) is 11.8 Å². The number of aliphatic hydroxyl groups is 1. The van der Waals surface area contributed by atoms with E-state index in [0.29, 0.717) is 42.9 Å². The molecule has 0 spiro atoms. The number of carbonyl (C=O) groups is 2. The van der Waals surface area contributed by atoms with Crippen LogP contribution in [0.25, 0.3) is 0 Å². The number of ether oxygens (including phenoxy) is 3. The Morgan fingerprint density at radius 1 is 1.13 bits per heavy atom. The summed E-state index contributed by atoms with van der Waals surface area (Å²) in [6, 6.07) is 4.73. The summed E-state index contributed by atoms with van der Waals surface area (Å²) in [5, 5.41) is 15.4. The fourth-order valence-electron chi connectivity index (χ4n) is 3.65. The van der Waals surface area contributed by atoms with Gasteiger partial charge in [-0.25, -0.2) is 4.98 Å². The van der Waals surface area contributed by atoms with Gasteiger partial charge in [0.25, 0.3) is 11.8 Å². The van der Waals surface area contributed by atoms with Crippen LogP contribution in [0.1, 0.15) is 40.1 Å². The van der Waals surface area contributed by atoms with Gasteiger partial charge in [0.2, 0.25) is 6.79 Å². The van der Waals surface area contributed by atoms with Crippen LogP contribution in [-0.2, 0) is 4.74 Å². The van der Waals surface area contributed by atoms with Gasteiger partial charge in [-0.15, -0.1) is 0 Å². The molecule has 10 heteroatoms. The molecule has 2 aliphatic heterocycles. The lowest BCUT2D eigenvalue weighted by Crippen LogP contribution is -2.51. The van der Waals surface area contributed by atoms with Crippen molar-refractivity contribution in [2.75, 3.05) is 19.9 Å². The van der Waals surface area contributed by atoms with Crippen molar-refractivity contribution in [3.63, 3.8) is 0 Å². The average molecular weight is 428 g/mol. The van der Waals surface area contributed by atoms with Gasteiger partial charge in [-0.2, -0.15) is 0 Å². The van der Waals surface area contributed by atoms with Crippen LogP contribution in [0.15, 0.2) is 36.8 Å². The third kappa shape index (κ3) is 5.09. The zero-order valence-electron chi connectivity index (χ0n) is 16.8. The van der Waals surface area contributed by atoms with E-state index < -0.39 is 6.10 Å². The largest absolute Gasteiger partial charge is 0.454 e. The molecule has 10 nitrogen and oxygen atoms in total. The van der Waals surface area contributed by atoms with Crippen LogP contribution in [0.2, 0.25) is 0 Å². The Hall–Kier alpha value is -3.24. The molecule has 0 aliphatic carbocycles. The third-order valence-electron chi connectivity index (χ3n) is 5.29. The highest BCUT2D eigenvalue weighted by Gasteiger charge is 2.32. The summed E-state index contributed by atoms with van der Waals surface area (Å²) in [7, 11) is 0. The molecule has 1 saturated heterocycles. The molecule has 0 saturated carbocycles. The molecule has 2 aromatic rings. The van der Waals surface area contributed by atoms with E-state index >= 15 is 0 Å². The molecule has 4 rings (SSSR count). The van der Waals surface area contributed by atoms with Gasteiger partial charge >= 0.3 is 0 Å². The minimum Gasteiger partial charge on any atom is -0.454 e. The lowest BCUT2D eigenvalue weighted by atomic mass is 9.97. The molecule has 3 atom stereocenters. The first-order chi connectivity index (χ1) is 15.1. The second kappa shape index (κ2) is 9.71. The molecule has 2 amide bonds. The van der Waals surface area contributed by atoms with E-state index in [1.165, 1.54) is 18.6 Å². The maximum absolute atomic E-state index is 12.4. The molecular weight excluding hydrogens is 404 g/mol. The van der Waals surface area contributed by atoms with Gasteiger partial charge in [0.05, 0.1) is 24.9 Å². The summed E-state index contributed by atoms with van der Waals surface area (Å²) in [4.78, 5) is 32.5. The van der Waals surface area contributed by atoms with Crippen LogP contribution in [0.5, 0.6) is 11.5 Å². The number of hydrogen-bond donors (Lipinski definition) is 3. The van der Waals surface area contributed by atoms with E-state index in [-0.39, 0.29) is 43.1 Å². The van der Waals surface area contributed by atoms with Gasteiger partial charge in [-0.05, 0) is 37.5 Å². The van der Waals surface area contributed by atoms with Crippen molar-refractivity contribution in [1.29, 1.82) is 0 Å². The Kier molecular flexibility index (Phi) is 6.58. The minimum atomic E-state index is -0.524. The first-order valence-electron chi connectivity index (χ1n) is 10.1. The predicted molar refractivity (Wildman–Crippen MR) is 108 cm³/mol. The van der Waals surface area contributed by atoms with Crippen molar-refractivity contribution in [1.82, 2.24) is 20.6 Å². The zero-order valence-corrected chi connectivity index (χ0v) is 16.8. The topological polar surface area (TPSA) is 132 Å². The number of rotatable bonds is 7. The number of nitrogens with one attached hydrogen (secondary N) is 2.